The number of aliphatic carboxylic acids is 1. The number of carbonyl (C=O) groups is 2. The SMILES string of the molecule is O=C(O)[C@H]1CCCCN1C(=O)COc1cccc(F)c1. The number of halogens is 1. The minimum absolute atomic E-state index is 0.252. The molecule has 0 aliphatic carbocycles. The number of amides is 1. The molecule has 1 atom stereocenters. The second-order valence-electron chi connectivity index (χ2n) is 4.68. The second-order valence-corrected chi connectivity index (χ2v) is 4.68. The van der Waals surface area contributed by atoms with Crippen molar-refractivity contribution in [3.8, 4) is 5.75 Å². The van der Waals surface area contributed by atoms with Gasteiger partial charge in [0.25, 0.3) is 5.91 Å². The maximum Gasteiger partial charge on any atom is 0.326 e. The van der Waals surface area contributed by atoms with Gasteiger partial charge in [-0.05, 0) is 31.4 Å². The molecule has 6 heteroatoms. The molecule has 1 N–H and O–H groups in total. The number of benzene rings is 1. The molecule has 108 valence electrons. The first-order chi connectivity index (χ1) is 9.58. The smallest absolute Gasteiger partial charge is 0.326 e. The zero-order valence-electron chi connectivity index (χ0n) is 10.9. The fourth-order valence-corrected chi connectivity index (χ4v) is 2.27. The quantitative estimate of drug-likeness (QED) is 0.911. The molecule has 0 saturated carbocycles. The van der Waals surface area contributed by atoms with Crippen LogP contribution in [0.15, 0.2) is 24.3 Å². The second kappa shape index (κ2) is 6.36. The van der Waals surface area contributed by atoms with Crippen LogP contribution in [0.2, 0.25) is 0 Å². The Morgan fingerprint density at radius 1 is 1.40 bits per heavy atom. The van der Waals surface area contributed by atoms with E-state index in [1.165, 1.54) is 23.1 Å². The van der Waals surface area contributed by atoms with Crippen LogP contribution in [0.4, 0.5) is 4.39 Å². The Labute approximate surface area is 116 Å². The van der Waals surface area contributed by atoms with E-state index >= 15 is 0 Å². The third-order valence-electron chi connectivity index (χ3n) is 3.27. The molecule has 1 heterocycles. The van der Waals surface area contributed by atoms with E-state index in [9.17, 15) is 14.0 Å². The Balaban J connectivity index is 1.95. The lowest BCUT2D eigenvalue weighted by molar-refractivity contribution is -0.152. The predicted molar refractivity (Wildman–Crippen MR) is 68.9 cm³/mol. The Bertz CT molecular complexity index is 506. The summed E-state index contributed by atoms with van der Waals surface area (Å²) in [5.41, 5.74) is 0. The molecule has 1 aromatic carbocycles. The Hall–Kier alpha value is -2.11. The summed E-state index contributed by atoms with van der Waals surface area (Å²) in [6.45, 7) is 0.134. The zero-order valence-corrected chi connectivity index (χ0v) is 10.9. The van der Waals surface area contributed by atoms with Gasteiger partial charge in [-0.1, -0.05) is 6.07 Å². The first-order valence-electron chi connectivity index (χ1n) is 6.48. The van der Waals surface area contributed by atoms with Crippen LogP contribution in [0.5, 0.6) is 5.75 Å². The monoisotopic (exact) mass is 281 g/mol. The molecule has 0 unspecified atom stereocenters. The number of carboxylic acids is 1. The van der Waals surface area contributed by atoms with Gasteiger partial charge in [-0.15, -0.1) is 0 Å². The van der Waals surface area contributed by atoms with Crippen LogP contribution in [0.3, 0.4) is 0 Å². The number of carboxylic acid groups (broad SMARTS) is 1. The van der Waals surface area contributed by atoms with Gasteiger partial charge in [0.15, 0.2) is 6.61 Å². The standard InChI is InChI=1S/C14H16FNO4/c15-10-4-3-5-11(8-10)20-9-13(17)16-7-2-1-6-12(16)14(18)19/h3-5,8,12H,1-2,6-7,9H2,(H,18,19)/t12-/m1/s1. The van der Waals surface area contributed by atoms with Crippen molar-refractivity contribution in [3.63, 3.8) is 0 Å². The van der Waals surface area contributed by atoms with Crippen molar-refractivity contribution < 1.29 is 23.8 Å². The van der Waals surface area contributed by atoms with Crippen LogP contribution in [0.25, 0.3) is 0 Å². The summed E-state index contributed by atoms with van der Waals surface area (Å²) >= 11 is 0. The van der Waals surface area contributed by atoms with Crippen LogP contribution in [-0.2, 0) is 9.59 Å². The Kier molecular flexibility index (Phi) is 4.55. The number of nitrogens with zero attached hydrogens (tertiary/aromatic N) is 1. The third kappa shape index (κ3) is 3.46. The van der Waals surface area contributed by atoms with Crippen molar-refractivity contribution in [1.29, 1.82) is 0 Å². The molecule has 0 bridgehead atoms. The van der Waals surface area contributed by atoms with Gasteiger partial charge < -0.3 is 14.7 Å². The number of ether oxygens (including phenoxy) is 1. The first-order valence-corrected chi connectivity index (χ1v) is 6.48. The van der Waals surface area contributed by atoms with Crippen molar-refractivity contribution in [3.05, 3.63) is 30.1 Å². The molecular weight excluding hydrogens is 265 g/mol. The van der Waals surface area contributed by atoms with Gasteiger partial charge in [0.05, 0.1) is 0 Å². The van der Waals surface area contributed by atoms with Crippen molar-refractivity contribution in [2.75, 3.05) is 13.2 Å². The highest BCUT2D eigenvalue weighted by Crippen LogP contribution is 2.18. The first kappa shape index (κ1) is 14.3. The average molecular weight is 281 g/mol. The molecule has 20 heavy (non-hydrogen) atoms. The Morgan fingerprint density at radius 2 is 2.20 bits per heavy atom. The molecule has 1 fully saturated rings. The predicted octanol–water partition coefficient (Wildman–Crippen LogP) is 1.67. The van der Waals surface area contributed by atoms with Crippen molar-refractivity contribution >= 4 is 11.9 Å². The van der Waals surface area contributed by atoms with Gasteiger partial charge in [-0.3, -0.25) is 4.79 Å². The van der Waals surface area contributed by atoms with Gasteiger partial charge >= 0.3 is 5.97 Å². The highest BCUT2D eigenvalue weighted by molar-refractivity contribution is 5.84. The van der Waals surface area contributed by atoms with Crippen LogP contribution in [-0.4, -0.2) is 41.1 Å². The van der Waals surface area contributed by atoms with Crippen LogP contribution >= 0.6 is 0 Å². The van der Waals surface area contributed by atoms with Crippen LogP contribution in [0.1, 0.15) is 19.3 Å². The van der Waals surface area contributed by atoms with E-state index in [1.807, 2.05) is 0 Å². The molecule has 0 aromatic heterocycles. The summed E-state index contributed by atoms with van der Waals surface area (Å²) in [4.78, 5) is 24.4. The molecule has 1 aliphatic rings. The van der Waals surface area contributed by atoms with Gasteiger partial charge in [0.1, 0.15) is 17.6 Å². The van der Waals surface area contributed by atoms with E-state index in [2.05, 4.69) is 0 Å². The minimum Gasteiger partial charge on any atom is -0.484 e. The molecule has 1 aromatic rings. The minimum atomic E-state index is -0.996. The maximum absolute atomic E-state index is 13.0. The summed E-state index contributed by atoms with van der Waals surface area (Å²) in [5, 5.41) is 9.09. The molecule has 1 saturated heterocycles. The molecule has 2 rings (SSSR count). The number of rotatable bonds is 4. The summed E-state index contributed by atoms with van der Waals surface area (Å²) in [6, 6.07) is 4.70. The Morgan fingerprint density at radius 3 is 2.90 bits per heavy atom. The van der Waals surface area contributed by atoms with Gasteiger partial charge in [-0.25, -0.2) is 9.18 Å². The molecule has 0 spiro atoms. The van der Waals surface area contributed by atoms with Crippen molar-refractivity contribution in [2.24, 2.45) is 0 Å². The van der Waals surface area contributed by atoms with E-state index < -0.39 is 17.8 Å². The lowest BCUT2D eigenvalue weighted by Crippen LogP contribution is -2.49. The number of carbonyl (C=O) groups excluding carboxylic acids is 1. The lowest BCUT2D eigenvalue weighted by Gasteiger charge is -2.32. The highest BCUT2D eigenvalue weighted by Gasteiger charge is 2.31. The molecule has 5 nitrogen and oxygen atoms in total. The number of hydrogen-bond donors (Lipinski definition) is 1. The van der Waals surface area contributed by atoms with Crippen LogP contribution in [0, 0.1) is 5.82 Å². The van der Waals surface area contributed by atoms with E-state index in [4.69, 9.17) is 9.84 Å². The fourth-order valence-electron chi connectivity index (χ4n) is 2.27. The number of hydrogen-bond acceptors (Lipinski definition) is 3. The van der Waals surface area contributed by atoms with Crippen molar-refractivity contribution in [2.45, 2.75) is 25.3 Å². The topological polar surface area (TPSA) is 66.8 Å². The largest absolute Gasteiger partial charge is 0.484 e. The molecule has 1 aliphatic heterocycles. The number of piperidine rings is 1. The zero-order chi connectivity index (χ0) is 14.5. The molecule has 0 radical (unpaired) electrons. The molecule has 1 amide bonds. The van der Waals surface area contributed by atoms with E-state index in [1.54, 1.807) is 6.07 Å². The highest BCUT2D eigenvalue weighted by atomic mass is 19.1. The summed E-state index contributed by atoms with van der Waals surface area (Å²) in [5.74, 6) is -1.58. The fraction of sp³-hybridized carbons (Fsp3) is 0.429. The van der Waals surface area contributed by atoms with Gasteiger partial charge in [0, 0.05) is 12.6 Å². The van der Waals surface area contributed by atoms with Crippen LogP contribution < -0.4 is 4.74 Å². The normalized spacial score (nSPS) is 18.6. The van der Waals surface area contributed by atoms with Crippen molar-refractivity contribution in [1.82, 2.24) is 4.90 Å². The van der Waals surface area contributed by atoms with E-state index in [0.29, 0.717) is 13.0 Å². The van der Waals surface area contributed by atoms with E-state index in [0.717, 1.165) is 12.8 Å². The van der Waals surface area contributed by atoms with E-state index in [-0.39, 0.29) is 18.3 Å². The maximum atomic E-state index is 13.0. The lowest BCUT2D eigenvalue weighted by atomic mass is 10.0. The van der Waals surface area contributed by atoms with Gasteiger partial charge in [0.2, 0.25) is 0 Å². The molecular formula is C14H16FNO4. The summed E-state index contributed by atoms with van der Waals surface area (Å²) in [6.07, 6.45) is 2.04. The third-order valence-corrected chi connectivity index (χ3v) is 3.27. The average Bonchev–Trinajstić information content (AvgIpc) is 2.45. The summed E-state index contributed by atoms with van der Waals surface area (Å²) in [7, 11) is 0. The number of likely N-dealkylation sites (tertiary alicyclic amines) is 1. The van der Waals surface area contributed by atoms with Gasteiger partial charge in [-0.2, -0.15) is 0 Å². The summed E-state index contributed by atoms with van der Waals surface area (Å²) < 4.78 is 18.2.